The summed E-state index contributed by atoms with van der Waals surface area (Å²) in [5.74, 6) is -1.17. The fourth-order valence-corrected chi connectivity index (χ4v) is 4.41. The van der Waals surface area contributed by atoms with Crippen LogP contribution in [0.3, 0.4) is 0 Å². The quantitative estimate of drug-likeness (QED) is 0.207. The van der Waals surface area contributed by atoms with Gasteiger partial charge in [0, 0.05) is 39.9 Å². The predicted molar refractivity (Wildman–Crippen MR) is 150 cm³/mol. The number of anilines is 1. The van der Waals surface area contributed by atoms with Crippen LogP contribution in [0.4, 0.5) is 18.9 Å². The summed E-state index contributed by atoms with van der Waals surface area (Å²) in [6.07, 6.45) is -4.53. The SMILES string of the molecule is CCOC(=O)C=CC(=O)N(Cc1ccc(OC)cc1OC)c1ccc(Cl)cc1C(O)c1cccc(C(F)(F)F)c1OC. The van der Waals surface area contributed by atoms with Crippen LogP contribution in [0.15, 0.2) is 66.7 Å². The molecule has 42 heavy (non-hydrogen) atoms. The molecule has 12 heteroatoms. The molecule has 0 fully saturated rings. The molecule has 0 aliphatic rings. The van der Waals surface area contributed by atoms with Gasteiger partial charge in [0.05, 0.1) is 45.7 Å². The Kier molecular flexibility index (Phi) is 10.8. The van der Waals surface area contributed by atoms with E-state index in [9.17, 15) is 27.9 Å². The highest BCUT2D eigenvalue weighted by Crippen LogP contribution is 2.43. The van der Waals surface area contributed by atoms with E-state index in [1.807, 2.05) is 0 Å². The van der Waals surface area contributed by atoms with Crippen molar-refractivity contribution in [3.05, 3.63) is 94.0 Å². The van der Waals surface area contributed by atoms with Crippen LogP contribution in [-0.4, -0.2) is 44.9 Å². The lowest BCUT2D eigenvalue weighted by Gasteiger charge is -2.28. The zero-order valence-corrected chi connectivity index (χ0v) is 24.0. The van der Waals surface area contributed by atoms with Crippen LogP contribution in [0.25, 0.3) is 0 Å². The van der Waals surface area contributed by atoms with Gasteiger partial charge in [-0.2, -0.15) is 13.2 Å². The van der Waals surface area contributed by atoms with Crippen LogP contribution in [0, 0.1) is 0 Å². The van der Waals surface area contributed by atoms with Crippen molar-refractivity contribution in [3.8, 4) is 17.2 Å². The highest BCUT2D eigenvalue weighted by molar-refractivity contribution is 6.30. The fraction of sp³-hybridized carbons (Fsp3) is 0.267. The van der Waals surface area contributed by atoms with Gasteiger partial charge in [-0.15, -0.1) is 0 Å². The number of halogens is 4. The van der Waals surface area contributed by atoms with Crippen LogP contribution in [0.5, 0.6) is 17.2 Å². The summed E-state index contributed by atoms with van der Waals surface area (Å²) in [6.45, 7) is 1.57. The van der Waals surface area contributed by atoms with Crippen molar-refractivity contribution in [2.75, 3.05) is 32.8 Å². The van der Waals surface area contributed by atoms with E-state index >= 15 is 0 Å². The molecule has 1 atom stereocenters. The molecule has 0 saturated carbocycles. The Balaban J connectivity index is 2.20. The number of benzene rings is 3. The van der Waals surface area contributed by atoms with E-state index in [-0.39, 0.29) is 35.0 Å². The van der Waals surface area contributed by atoms with E-state index in [1.54, 1.807) is 25.1 Å². The van der Waals surface area contributed by atoms with Crippen LogP contribution < -0.4 is 19.1 Å². The van der Waals surface area contributed by atoms with Gasteiger partial charge < -0.3 is 29.0 Å². The summed E-state index contributed by atoms with van der Waals surface area (Å²) >= 11 is 6.25. The van der Waals surface area contributed by atoms with Gasteiger partial charge in [-0.05, 0) is 43.3 Å². The van der Waals surface area contributed by atoms with E-state index in [1.165, 1.54) is 43.4 Å². The number of alkyl halides is 3. The first-order valence-corrected chi connectivity index (χ1v) is 12.9. The standard InChI is InChI=1S/C30H29ClF3NO7/c1-5-42-27(37)14-13-26(36)35(17-18-9-11-20(39-2)16-25(18)40-3)24-12-10-19(31)15-22(24)28(38)21-7-6-8-23(29(21)41-4)30(32,33)34/h6-16,28,38H,5,17H2,1-4H3. The van der Waals surface area contributed by atoms with Gasteiger partial charge in [0.2, 0.25) is 0 Å². The number of carbonyl (C=O) groups excluding carboxylic acids is 2. The Morgan fingerprint density at radius 2 is 1.71 bits per heavy atom. The van der Waals surface area contributed by atoms with Crippen molar-refractivity contribution in [1.82, 2.24) is 0 Å². The third-order valence-electron chi connectivity index (χ3n) is 6.16. The molecule has 3 aromatic rings. The van der Waals surface area contributed by atoms with E-state index < -0.39 is 35.5 Å². The second kappa shape index (κ2) is 14.1. The zero-order valence-electron chi connectivity index (χ0n) is 23.2. The van der Waals surface area contributed by atoms with Crippen molar-refractivity contribution in [1.29, 1.82) is 0 Å². The monoisotopic (exact) mass is 607 g/mol. The van der Waals surface area contributed by atoms with Gasteiger partial charge in [-0.25, -0.2) is 4.79 Å². The molecule has 0 aromatic heterocycles. The summed E-state index contributed by atoms with van der Waals surface area (Å²) in [4.78, 5) is 26.7. The van der Waals surface area contributed by atoms with Crippen LogP contribution >= 0.6 is 11.6 Å². The highest BCUT2D eigenvalue weighted by atomic mass is 35.5. The molecule has 3 aromatic carbocycles. The molecule has 3 rings (SSSR count). The Labute approximate surface area is 245 Å². The minimum absolute atomic E-state index is 0.00508. The maximum atomic E-state index is 13.7. The number of para-hydroxylation sites is 1. The maximum absolute atomic E-state index is 13.7. The lowest BCUT2D eigenvalue weighted by molar-refractivity contribution is -0.139. The van der Waals surface area contributed by atoms with E-state index in [4.69, 9.17) is 30.5 Å². The third-order valence-corrected chi connectivity index (χ3v) is 6.40. The number of carbonyl (C=O) groups is 2. The zero-order chi connectivity index (χ0) is 31.0. The summed E-state index contributed by atoms with van der Waals surface area (Å²) in [5, 5.41) is 11.6. The molecule has 0 aliphatic carbocycles. The maximum Gasteiger partial charge on any atom is 0.419 e. The van der Waals surface area contributed by atoms with Gasteiger partial charge in [-0.3, -0.25) is 4.79 Å². The van der Waals surface area contributed by atoms with Gasteiger partial charge in [-0.1, -0.05) is 23.7 Å². The topological polar surface area (TPSA) is 94.5 Å². The first-order chi connectivity index (χ1) is 19.9. The van der Waals surface area contributed by atoms with Crippen LogP contribution in [-0.2, 0) is 27.0 Å². The second-order valence-corrected chi connectivity index (χ2v) is 9.16. The lowest BCUT2D eigenvalue weighted by atomic mass is 9.96. The summed E-state index contributed by atoms with van der Waals surface area (Å²) in [5.41, 5.74) is -0.665. The molecule has 0 saturated heterocycles. The van der Waals surface area contributed by atoms with E-state index in [0.717, 1.165) is 31.4 Å². The second-order valence-electron chi connectivity index (χ2n) is 8.72. The predicted octanol–water partition coefficient (Wildman–Crippen LogP) is 6.12. The minimum Gasteiger partial charge on any atom is -0.497 e. The number of aliphatic hydroxyl groups is 1. The molecule has 0 heterocycles. The number of rotatable bonds is 11. The molecule has 1 amide bonds. The highest BCUT2D eigenvalue weighted by Gasteiger charge is 2.36. The van der Waals surface area contributed by atoms with Gasteiger partial charge in [0.1, 0.15) is 23.4 Å². The largest absolute Gasteiger partial charge is 0.497 e. The van der Waals surface area contributed by atoms with Gasteiger partial charge >= 0.3 is 12.1 Å². The molecule has 224 valence electrons. The number of ether oxygens (including phenoxy) is 4. The molecule has 0 radical (unpaired) electrons. The van der Waals surface area contributed by atoms with Crippen LogP contribution in [0.2, 0.25) is 5.02 Å². The minimum atomic E-state index is -4.76. The van der Waals surface area contributed by atoms with Crippen molar-refractivity contribution in [2.45, 2.75) is 25.7 Å². The molecule has 8 nitrogen and oxygen atoms in total. The average molecular weight is 608 g/mol. The first kappa shape index (κ1) is 32.3. The average Bonchev–Trinajstić information content (AvgIpc) is 2.97. The molecule has 1 unspecified atom stereocenters. The van der Waals surface area contributed by atoms with E-state index in [2.05, 4.69) is 0 Å². The Bertz CT molecular complexity index is 1460. The Hall–Kier alpha value is -4.22. The van der Waals surface area contributed by atoms with Crippen molar-refractivity contribution < 1.29 is 46.8 Å². The van der Waals surface area contributed by atoms with Gasteiger partial charge in [0.25, 0.3) is 5.91 Å². The number of hydrogen-bond donors (Lipinski definition) is 1. The Morgan fingerprint density at radius 1 is 0.976 bits per heavy atom. The molecule has 0 aliphatic heterocycles. The van der Waals surface area contributed by atoms with E-state index in [0.29, 0.717) is 17.1 Å². The Morgan fingerprint density at radius 3 is 2.33 bits per heavy atom. The molecule has 0 spiro atoms. The summed E-state index contributed by atoms with van der Waals surface area (Å²) in [6, 6.07) is 12.4. The molecular weight excluding hydrogens is 579 g/mol. The third kappa shape index (κ3) is 7.54. The number of hydrogen-bond acceptors (Lipinski definition) is 7. The number of nitrogens with zero attached hydrogens (tertiary/aromatic N) is 1. The van der Waals surface area contributed by atoms with Crippen molar-refractivity contribution >= 4 is 29.2 Å². The normalized spacial score (nSPS) is 12.1. The molecule has 0 bridgehead atoms. The lowest BCUT2D eigenvalue weighted by Crippen LogP contribution is -2.30. The first-order valence-electron chi connectivity index (χ1n) is 12.5. The number of amides is 1. The van der Waals surface area contributed by atoms with Crippen molar-refractivity contribution in [3.63, 3.8) is 0 Å². The molecular formula is C30H29ClF3NO7. The van der Waals surface area contributed by atoms with Crippen LogP contribution in [0.1, 0.15) is 35.3 Å². The summed E-state index contributed by atoms with van der Waals surface area (Å²) < 4.78 is 61.8. The van der Waals surface area contributed by atoms with Gasteiger partial charge in [0.15, 0.2) is 0 Å². The molecule has 1 N–H and O–H groups in total. The smallest absolute Gasteiger partial charge is 0.419 e. The fourth-order valence-electron chi connectivity index (χ4n) is 4.23. The van der Waals surface area contributed by atoms with Crippen molar-refractivity contribution in [2.24, 2.45) is 0 Å². The summed E-state index contributed by atoms with van der Waals surface area (Å²) in [7, 11) is 3.97. The number of methoxy groups -OCH3 is 3. The number of aliphatic hydroxyl groups excluding tert-OH is 1. The number of esters is 1.